The van der Waals surface area contributed by atoms with Crippen LogP contribution in [0.2, 0.25) is 10.0 Å². The summed E-state index contributed by atoms with van der Waals surface area (Å²) in [6, 6.07) is 17.5. The molecule has 8 heteroatoms. The minimum absolute atomic E-state index is 0.209. The molecule has 2 fully saturated rings. The molecule has 2 aromatic carbocycles. The first-order valence-corrected chi connectivity index (χ1v) is 13.1. The Bertz CT molecular complexity index is 1090. The molecule has 0 aromatic heterocycles. The monoisotopic (exact) mass is 514 g/mol. The van der Waals surface area contributed by atoms with Gasteiger partial charge in [0.25, 0.3) is 12.0 Å². The fourth-order valence-corrected chi connectivity index (χ4v) is 5.82. The second-order valence-corrected chi connectivity index (χ2v) is 11.1. The van der Waals surface area contributed by atoms with Crippen LogP contribution in [0.1, 0.15) is 56.1 Å². The second kappa shape index (κ2) is 9.90. The quantitative estimate of drug-likeness (QED) is 0.543. The van der Waals surface area contributed by atoms with Gasteiger partial charge in [-0.1, -0.05) is 53.9 Å². The number of hydrogen-bond acceptors (Lipinski definition) is 6. The highest BCUT2D eigenvalue weighted by Gasteiger charge is 2.46. The Morgan fingerprint density at radius 1 is 0.686 bits per heavy atom. The highest BCUT2D eigenvalue weighted by atomic mass is 35.5. The second-order valence-electron chi connectivity index (χ2n) is 10.2. The molecule has 186 valence electrons. The smallest absolute Gasteiger partial charge is 0.282 e. The molecule has 2 aromatic rings. The van der Waals surface area contributed by atoms with E-state index in [9.17, 15) is 0 Å². The van der Waals surface area contributed by atoms with E-state index >= 15 is 0 Å². The highest BCUT2D eigenvalue weighted by molar-refractivity contribution is 6.30. The van der Waals surface area contributed by atoms with Gasteiger partial charge >= 0.3 is 0 Å². The van der Waals surface area contributed by atoms with Gasteiger partial charge in [0.1, 0.15) is 13.2 Å². The average Bonchev–Trinajstić information content (AvgIpc) is 3.30. The minimum Gasteiger partial charge on any atom is -0.463 e. The number of aliphatic imine (C=N–C) groups is 2. The maximum absolute atomic E-state index is 5.95. The lowest BCUT2D eigenvalue weighted by atomic mass is 9.61. The summed E-state index contributed by atoms with van der Waals surface area (Å²) < 4.78 is 10.4. The molecule has 0 bridgehead atoms. The molecule has 2 aliphatic carbocycles. The molecule has 0 spiro atoms. The zero-order chi connectivity index (χ0) is 24.5. The van der Waals surface area contributed by atoms with Gasteiger partial charge in [-0.2, -0.15) is 0 Å². The van der Waals surface area contributed by atoms with Gasteiger partial charge in [-0.3, -0.25) is 0 Å². The van der Waals surface area contributed by atoms with Crippen LogP contribution in [-0.4, -0.2) is 37.3 Å². The predicted molar refractivity (Wildman–Crippen MR) is 141 cm³/mol. The molecule has 0 amide bonds. The summed E-state index contributed by atoms with van der Waals surface area (Å²) in [5.41, 5.74) is 14.4. The van der Waals surface area contributed by atoms with Crippen LogP contribution in [-0.2, 0) is 20.3 Å². The first-order valence-electron chi connectivity index (χ1n) is 12.3. The summed E-state index contributed by atoms with van der Waals surface area (Å²) in [6.45, 7) is 1.25. The summed E-state index contributed by atoms with van der Waals surface area (Å²) in [6.07, 6.45) is 8.22. The van der Waals surface area contributed by atoms with Crippen molar-refractivity contribution in [2.24, 2.45) is 21.5 Å². The third-order valence-corrected chi connectivity index (χ3v) is 8.30. The number of rotatable bonds is 6. The molecular weight excluding hydrogens is 483 g/mol. The maximum atomic E-state index is 5.95. The van der Waals surface area contributed by atoms with E-state index in [0.717, 1.165) is 22.9 Å². The molecule has 4 aliphatic rings. The molecule has 6 nitrogen and oxygen atoms in total. The van der Waals surface area contributed by atoms with Crippen molar-refractivity contribution in [2.45, 2.75) is 67.9 Å². The summed E-state index contributed by atoms with van der Waals surface area (Å²) in [5.74, 6) is 0. The molecule has 2 atom stereocenters. The van der Waals surface area contributed by atoms with Crippen molar-refractivity contribution in [1.82, 2.24) is 0 Å². The Hall–Kier alpha value is -2.44. The molecule has 35 heavy (non-hydrogen) atoms. The van der Waals surface area contributed by atoms with Crippen LogP contribution in [0.5, 0.6) is 0 Å². The van der Waals surface area contributed by atoms with Crippen LogP contribution in [0, 0.1) is 0 Å². The van der Waals surface area contributed by atoms with Gasteiger partial charge in [0.2, 0.25) is 0 Å². The van der Waals surface area contributed by atoms with E-state index in [2.05, 4.69) is 34.3 Å². The van der Waals surface area contributed by atoms with Crippen LogP contribution in [0.25, 0.3) is 0 Å². The zero-order valence-electron chi connectivity index (χ0n) is 19.8. The summed E-state index contributed by atoms with van der Waals surface area (Å²) in [5, 5.41) is 1.58. The van der Waals surface area contributed by atoms with Gasteiger partial charge in [-0.05, 0) is 84.7 Å². The number of nitrogens with zero attached hydrogens (tertiary/aromatic N) is 2. The lowest BCUT2D eigenvalue weighted by Gasteiger charge is -2.43. The predicted octanol–water partition coefficient (Wildman–Crippen LogP) is 5.34. The van der Waals surface area contributed by atoms with Gasteiger partial charge in [-0.15, -0.1) is 0 Å². The lowest BCUT2D eigenvalue weighted by molar-refractivity contribution is 0.194. The molecule has 4 N–H and O–H groups in total. The summed E-state index contributed by atoms with van der Waals surface area (Å²) >= 11 is 11.9. The number of halogens is 2. The largest absolute Gasteiger partial charge is 0.463 e. The molecule has 2 aliphatic heterocycles. The van der Waals surface area contributed by atoms with Gasteiger partial charge in [0, 0.05) is 10.0 Å². The van der Waals surface area contributed by atoms with Gasteiger partial charge in [-0.25, -0.2) is 9.98 Å². The molecule has 2 heterocycles. The molecule has 0 saturated heterocycles. The standard InChI is InChI=1S/C14H17ClN2O.C13H15ClN2O/c15-11-4-2-10(3-5-11)14(6-1-7-14)8-12-9-18-13(16)17-12;14-10-3-1-9(2-4-10)13(5-6-13)7-11-8-17-12(15)16-11/h2-5,12H,1,6-9H2,(H2,16,17);1-4,11H,5-8H2,(H2,15,16)/t12-;11-/m00/s1. The Labute approximate surface area is 216 Å². The topological polar surface area (TPSA) is 95.2 Å². The van der Waals surface area contributed by atoms with Crippen LogP contribution >= 0.6 is 23.2 Å². The van der Waals surface area contributed by atoms with E-state index in [-0.39, 0.29) is 22.9 Å². The van der Waals surface area contributed by atoms with E-state index in [1.807, 2.05) is 24.3 Å². The van der Waals surface area contributed by atoms with E-state index in [4.69, 9.17) is 44.1 Å². The minimum atomic E-state index is 0.209. The van der Waals surface area contributed by atoms with Crippen LogP contribution in [0.4, 0.5) is 0 Å². The molecule has 0 radical (unpaired) electrons. The average molecular weight is 515 g/mol. The van der Waals surface area contributed by atoms with Crippen molar-refractivity contribution in [1.29, 1.82) is 0 Å². The Kier molecular flexibility index (Phi) is 6.86. The van der Waals surface area contributed by atoms with Crippen molar-refractivity contribution in [3.63, 3.8) is 0 Å². The summed E-state index contributed by atoms with van der Waals surface area (Å²) in [7, 11) is 0. The Balaban J connectivity index is 0.000000145. The van der Waals surface area contributed by atoms with Crippen molar-refractivity contribution in [3.8, 4) is 0 Å². The SMILES string of the molecule is NC1=N[C@@H](CC2(c3ccc(Cl)cc3)CC2)CO1.NC1=N[C@@H](CC2(c3ccc(Cl)cc3)CCC2)CO1. The van der Waals surface area contributed by atoms with Crippen LogP contribution in [0.15, 0.2) is 58.5 Å². The third kappa shape index (κ3) is 5.54. The van der Waals surface area contributed by atoms with Crippen LogP contribution in [0.3, 0.4) is 0 Å². The van der Waals surface area contributed by atoms with E-state index < -0.39 is 0 Å². The molecule has 0 unspecified atom stereocenters. The lowest BCUT2D eigenvalue weighted by Crippen LogP contribution is -2.37. The van der Waals surface area contributed by atoms with Crippen LogP contribution < -0.4 is 11.5 Å². The van der Waals surface area contributed by atoms with Gasteiger partial charge < -0.3 is 20.9 Å². The van der Waals surface area contributed by atoms with Crippen molar-refractivity contribution >= 4 is 35.2 Å². The number of hydrogen-bond donors (Lipinski definition) is 2. The van der Waals surface area contributed by atoms with E-state index in [0.29, 0.717) is 25.3 Å². The fraction of sp³-hybridized carbons (Fsp3) is 0.481. The van der Waals surface area contributed by atoms with E-state index in [1.54, 1.807) is 0 Å². The Morgan fingerprint density at radius 2 is 1.09 bits per heavy atom. The molecule has 6 rings (SSSR count). The maximum Gasteiger partial charge on any atom is 0.282 e. The molecular formula is C27H32Cl2N4O2. The zero-order valence-corrected chi connectivity index (χ0v) is 21.3. The van der Waals surface area contributed by atoms with Crippen molar-refractivity contribution in [2.75, 3.05) is 13.2 Å². The van der Waals surface area contributed by atoms with E-state index in [1.165, 1.54) is 43.2 Å². The fourth-order valence-electron chi connectivity index (χ4n) is 5.57. The normalized spacial score (nSPS) is 25.2. The highest BCUT2D eigenvalue weighted by Crippen LogP contribution is 2.52. The first kappa shape index (κ1) is 24.3. The van der Waals surface area contributed by atoms with Crippen molar-refractivity contribution < 1.29 is 9.47 Å². The first-order chi connectivity index (χ1) is 16.9. The van der Waals surface area contributed by atoms with Crippen molar-refractivity contribution in [3.05, 3.63) is 69.7 Å². The summed E-state index contributed by atoms with van der Waals surface area (Å²) in [4.78, 5) is 8.65. The number of benzene rings is 2. The number of amidine groups is 2. The molecule has 2 saturated carbocycles. The Morgan fingerprint density at radius 3 is 1.37 bits per heavy atom. The number of ether oxygens (including phenoxy) is 2. The van der Waals surface area contributed by atoms with Gasteiger partial charge in [0.05, 0.1) is 12.1 Å². The van der Waals surface area contributed by atoms with Gasteiger partial charge in [0.15, 0.2) is 0 Å². The third-order valence-electron chi connectivity index (χ3n) is 7.80. The number of nitrogens with two attached hydrogens (primary N) is 2.